The van der Waals surface area contributed by atoms with Gasteiger partial charge in [-0.25, -0.2) is 0 Å². The number of carbonyl (C=O) groups excluding carboxylic acids is 1. The molecule has 2 aliphatic rings. The van der Waals surface area contributed by atoms with Crippen LogP contribution in [-0.4, -0.2) is 23.3 Å². The summed E-state index contributed by atoms with van der Waals surface area (Å²) < 4.78 is 0. The van der Waals surface area contributed by atoms with Crippen molar-refractivity contribution in [3.63, 3.8) is 0 Å². The highest BCUT2D eigenvalue weighted by Crippen LogP contribution is 2.42. The number of carbonyl (C=O) groups is 1. The van der Waals surface area contributed by atoms with Crippen molar-refractivity contribution in [1.82, 2.24) is 4.90 Å². The maximum absolute atomic E-state index is 12.9. The van der Waals surface area contributed by atoms with Gasteiger partial charge in [-0.1, -0.05) is 67.1 Å². The van der Waals surface area contributed by atoms with Crippen LogP contribution in [0.5, 0.6) is 0 Å². The van der Waals surface area contributed by atoms with Crippen LogP contribution in [0.3, 0.4) is 0 Å². The summed E-state index contributed by atoms with van der Waals surface area (Å²) in [6.45, 7) is 1.96. The molecule has 0 bridgehead atoms. The highest BCUT2D eigenvalue weighted by molar-refractivity contribution is 5.83. The number of hydrogen-bond donors (Lipinski definition) is 0. The zero-order chi connectivity index (χ0) is 16.4. The van der Waals surface area contributed by atoms with Crippen molar-refractivity contribution in [2.24, 2.45) is 5.92 Å². The Kier molecular flexibility index (Phi) is 4.48. The maximum atomic E-state index is 12.9. The predicted molar refractivity (Wildman–Crippen MR) is 96.8 cm³/mol. The van der Waals surface area contributed by atoms with Gasteiger partial charge in [-0.2, -0.15) is 0 Å². The Morgan fingerprint density at radius 1 is 0.917 bits per heavy atom. The first-order valence-electron chi connectivity index (χ1n) is 9.18. The molecular formula is C22H25NO. The summed E-state index contributed by atoms with van der Waals surface area (Å²) in [5.41, 5.74) is 2.68. The lowest BCUT2D eigenvalue weighted by Gasteiger charge is -2.26. The molecule has 4 rings (SSSR count). The zero-order valence-corrected chi connectivity index (χ0v) is 14.1. The molecule has 0 radical (unpaired) electrons. The van der Waals surface area contributed by atoms with Gasteiger partial charge in [0.1, 0.15) is 5.78 Å². The molecule has 0 spiro atoms. The number of ketones is 1. The number of hydrogen-bond acceptors (Lipinski definition) is 2. The number of likely N-dealkylation sites (tertiary alicyclic amines) is 1. The van der Waals surface area contributed by atoms with Crippen molar-refractivity contribution in [2.75, 3.05) is 6.54 Å². The maximum Gasteiger partial charge on any atom is 0.138 e. The molecule has 0 amide bonds. The Morgan fingerprint density at radius 2 is 1.62 bits per heavy atom. The summed E-state index contributed by atoms with van der Waals surface area (Å²) in [4.78, 5) is 15.4. The largest absolute Gasteiger partial charge is 0.299 e. The Balaban J connectivity index is 1.64. The van der Waals surface area contributed by atoms with Crippen molar-refractivity contribution in [3.8, 4) is 0 Å². The van der Waals surface area contributed by atoms with Crippen LogP contribution in [0.15, 0.2) is 60.7 Å². The molecule has 2 nitrogen and oxygen atoms in total. The van der Waals surface area contributed by atoms with Crippen LogP contribution in [-0.2, 0) is 11.3 Å². The monoisotopic (exact) mass is 319 g/mol. The third-order valence-electron chi connectivity index (χ3n) is 5.75. The predicted octanol–water partition coefficient (Wildman–Crippen LogP) is 4.41. The normalized spacial score (nSPS) is 27.7. The highest BCUT2D eigenvalue weighted by Gasteiger charge is 2.46. The molecule has 24 heavy (non-hydrogen) atoms. The van der Waals surface area contributed by atoms with Gasteiger partial charge >= 0.3 is 0 Å². The second-order valence-electron chi connectivity index (χ2n) is 7.24. The minimum Gasteiger partial charge on any atom is -0.299 e. The number of fused-ring (bicyclic) bond motifs is 1. The van der Waals surface area contributed by atoms with Crippen molar-refractivity contribution in [3.05, 3.63) is 71.8 Å². The van der Waals surface area contributed by atoms with E-state index in [0.29, 0.717) is 17.7 Å². The fraction of sp³-hybridized carbons (Fsp3) is 0.409. The van der Waals surface area contributed by atoms with E-state index in [1.165, 1.54) is 17.5 Å². The molecule has 1 aliphatic carbocycles. The molecule has 1 saturated carbocycles. The van der Waals surface area contributed by atoms with Crippen molar-refractivity contribution in [2.45, 2.75) is 44.2 Å². The number of rotatable bonds is 3. The molecule has 2 fully saturated rings. The first-order chi connectivity index (χ1) is 11.8. The van der Waals surface area contributed by atoms with Crippen molar-refractivity contribution in [1.29, 1.82) is 0 Å². The Labute approximate surface area is 144 Å². The summed E-state index contributed by atoms with van der Waals surface area (Å²) in [6.07, 6.45) is 4.17. The Morgan fingerprint density at radius 3 is 2.38 bits per heavy atom. The van der Waals surface area contributed by atoms with E-state index in [-0.39, 0.29) is 5.92 Å². The fourth-order valence-electron chi connectivity index (χ4n) is 4.63. The average molecular weight is 319 g/mol. The van der Waals surface area contributed by atoms with Crippen LogP contribution < -0.4 is 0 Å². The third kappa shape index (κ3) is 3.03. The first kappa shape index (κ1) is 15.6. The van der Waals surface area contributed by atoms with E-state index in [1.807, 2.05) is 0 Å². The Bertz CT molecular complexity index is 682. The van der Waals surface area contributed by atoms with Crippen LogP contribution in [0.4, 0.5) is 0 Å². The molecule has 2 aromatic carbocycles. The van der Waals surface area contributed by atoms with E-state index < -0.39 is 0 Å². The summed E-state index contributed by atoms with van der Waals surface area (Å²) >= 11 is 0. The summed E-state index contributed by atoms with van der Waals surface area (Å²) in [6, 6.07) is 21.8. The number of nitrogens with zero attached hydrogens (tertiary/aromatic N) is 1. The second-order valence-corrected chi connectivity index (χ2v) is 7.24. The molecule has 1 aliphatic heterocycles. The molecule has 2 aromatic rings. The van der Waals surface area contributed by atoms with Crippen LogP contribution in [0, 0.1) is 5.92 Å². The Hall–Kier alpha value is -1.93. The lowest BCUT2D eigenvalue weighted by atomic mass is 9.82. The molecule has 0 N–H and O–H groups in total. The summed E-state index contributed by atoms with van der Waals surface area (Å²) in [5.74, 6) is 1.02. The van der Waals surface area contributed by atoms with Gasteiger partial charge in [-0.05, 0) is 24.0 Å². The standard InChI is InChI=1S/C22H25NO/c24-21-14-8-7-13-20-22(21)19(18-11-5-2-6-12-18)16-23(20)15-17-9-3-1-4-10-17/h1-6,9-12,19-20,22H,7-8,13-16H2/t19-,20+,22-/m0/s1. The van der Waals surface area contributed by atoms with Gasteiger partial charge in [-0.3, -0.25) is 9.69 Å². The van der Waals surface area contributed by atoms with Gasteiger partial charge in [0, 0.05) is 37.4 Å². The van der Waals surface area contributed by atoms with E-state index >= 15 is 0 Å². The van der Waals surface area contributed by atoms with Crippen LogP contribution in [0.25, 0.3) is 0 Å². The lowest BCUT2D eigenvalue weighted by molar-refractivity contribution is -0.123. The topological polar surface area (TPSA) is 20.3 Å². The quantitative estimate of drug-likeness (QED) is 0.835. The van der Waals surface area contributed by atoms with Gasteiger partial charge in [0.2, 0.25) is 0 Å². The second kappa shape index (κ2) is 6.90. The van der Waals surface area contributed by atoms with Crippen molar-refractivity contribution >= 4 is 5.78 Å². The third-order valence-corrected chi connectivity index (χ3v) is 5.75. The number of benzene rings is 2. The molecule has 3 atom stereocenters. The highest BCUT2D eigenvalue weighted by atomic mass is 16.1. The van der Waals surface area contributed by atoms with E-state index in [9.17, 15) is 4.79 Å². The summed E-state index contributed by atoms with van der Waals surface area (Å²) in [5, 5.41) is 0. The van der Waals surface area contributed by atoms with E-state index in [2.05, 4.69) is 65.6 Å². The van der Waals surface area contributed by atoms with Gasteiger partial charge in [-0.15, -0.1) is 0 Å². The van der Waals surface area contributed by atoms with Crippen LogP contribution >= 0.6 is 0 Å². The van der Waals surface area contributed by atoms with Gasteiger partial charge in [0.15, 0.2) is 0 Å². The minimum atomic E-state index is 0.179. The first-order valence-corrected chi connectivity index (χ1v) is 9.18. The SMILES string of the molecule is O=C1CCCC[C@@H]2[C@@H]1[C@H](c1ccccc1)CN2Cc1ccccc1. The van der Waals surface area contributed by atoms with Crippen LogP contribution in [0.2, 0.25) is 0 Å². The van der Waals surface area contributed by atoms with Crippen LogP contribution in [0.1, 0.15) is 42.7 Å². The molecule has 0 aromatic heterocycles. The zero-order valence-electron chi connectivity index (χ0n) is 14.1. The molecule has 0 unspecified atom stereocenters. The van der Waals surface area contributed by atoms with E-state index in [0.717, 1.165) is 32.4 Å². The van der Waals surface area contributed by atoms with Gasteiger partial charge in [0.05, 0.1) is 0 Å². The van der Waals surface area contributed by atoms with E-state index in [4.69, 9.17) is 0 Å². The minimum absolute atomic E-state index is 0.179. The molecule has 124 valence electrons. The lowest BCUT2D eigenvalue weighted by Crippen LogP contribution is -2.34. The molecule has 2 heteroatoms. The fourth-order valence-corrected chi connectivity index (χ4v) is 4.63. The van der Waals surface area contributed by atoms with Gasteiger partial charge < -0.3 is 0 Å². The molecule has 1 heterocycles. The summed E-state index contributed by atoms with van der Waals surface area (Å²) in [7, 11) is 0. The van der Waals surface area contributed by atoms with Crippen molar-refractivity contribution < 1.29 is 4.79 Å². The molecular weight excluding hydrogens is 294 g/mol. The number of Topliss-reactive ketones (excluding diaryl/α,β-unsaturated/α-hetero) is 1. The van der Waals surface area contributed by atoms with E-state index in [1.54, 1.807) is 0 Å². The average Bonchev–Trinajstić information content (AvgIpc) is 2.87. The molecule has 1 saturated heterocycles. The van der Waals surface area contributed by atoms with Gasteiger partial charge in [0.25, 0.3) is 0 Å². The smallest absolute Gasteiger partial charge is 0.138 e.